The minimum Gasteiger partial charge on any atom is -0.480 e. The van der Waals surface area contributed by atoms with Gasteiger partial charge in [0.25, 0.3) is 11.5 Å². The maximum absolute atomic E-state index is 13.0. The van der Waals surface area contributed by atoms with Crippen LogP contribution in [0.2, 0.25) is 0 Å². The number of hydrogen-bond acceptors (Lipinski definition) is 8. The summed E-state index contributed by atoms with van der Waals surface area (Å²) in [7, 11) is -2.58. The number of rotatable bonds is 6. The van der Waals surface area contributed by atoms with Crippen molar-refractivity contribution in [2.75, 3.05) is 31.3 Å². The summed E-state index contributed by atoms with van der Waals surface area (Å²) < 4.78 is 22.1. The first-order valence-corrected chi connectivity index (χ1v) is 11.9. The van der Waals surface area contributed by atoms with Crippen molar-refractivity contribution in [3.8, 4) is 5.88 Å². The van der Waals surface area contributed by atoms with Gasteiger partial charge in [0.1, 0.15) is 17.5 Å². The molecule has 0 unspecified atom stereocenters. The summed E-state index contributed by atoms with van der Waals surface area (Å²) in [6.07, 6.45) is 5.94. The van der Waals surface area contributed by atoms with Crippen LogP contribution in [0.25, 0.3) is 10.8 Å². The highest BCUT2D eigenvalue weighted by Crippen LogP contribution is 2.38. The van der Waals surface area contributed by atoms with Gasteiger partial charge in [-0.05, 0) is 37.3 Å². The smallest absolute Gasteiger partial charge is 0.325 e. The van der Waals surface area contributed by atoms with Crippen molar-refractivity contribution < 1.29 is 28.3 Å². The Kier molecular flexibility index (Phi) is 6.14. The van der Waals surface area contributed by atoms with E-state index in [-0.39, 0.29) is 28.9 Å². The zero-order valence-corrected chi connectivity index (χ0v) is 18.3. The van der Waals surface area contributed by atoms with Crippen LogP contribution in [0.1, 0.15) is 29.6 Å². The van der Waals surface area contributed by atoms with Crippen molar-refractivity contribution in [2.24, 2.45) is 5.92 Å². The van der Waals surface area contributed by atoms with Gasteiger partial charge in [0.2, 0.25) is 5.88 Å². The van der Waals surface area contributed by atoms with Crippen LogP contribution in [-0.4, -0.2) is 56.8 Å². The number of aromatic nitrogens is 3. The molecule has 1 aliphatic rings. The molecule has 0 radical (unpaired) electrons. The third-order valence-corrected chi connectivity index (χ3v) is 6.48. The number of fused-ring (bicyclic) bond motifs is 1. The minimum atomic E-state index is -3.99. The molecule has 0 aromatic carbocycles. The molecule has 4 heterocycles. The van der Waals surface area contributed by atoms with Gasteiger partial charge in [0.05, 0.1) is 31.3 Å². The fourth-order valence-electron chi connectivity index (χ4n) is 3.89. The van der Waals surface area contributed by atoms with Crippen LogP contribution >= 0.6 is 7.60 Å². The molecule has 32 heavy (non-hydrogen) atoms. The molecule has 170 valence electrons. The SMILES string of the molecule is COc1nc(N2CCC(CCP(=O)(O)O)CC2)cc2cnn(C(=O)c3ccoc3)c(=O)c12. The van der Waals surface area contributed by atoms with E-state index < -0.39 is 19.1 Å². The molecule has 11 nitrogen and oxygen atoms in total. The van der Waals surface area contributed by atoms with Crippen molar-refractivity contribution in [1.82, 2.24) is 14.8 Å². The Hall–Kier alpha value is -3.01. The summed E-state index contributed by atoms with van der Waals surface area (Å²) in [5.74, 6) is 0.336. The molecular weight excluding hydrogens is 439 g/mol. The van der Waals surface area contributed by atoms with E-state index in [0.29, 0.717) is 30.7 Å². The summed E-state index contributed by atoms with van der Waals surface area (Å²) in [6.45, 7) is 1.33. The number of nitrogens with zero attached hydrogens (tertiary/aromatic N) is 4. The number of pyridine rings is 1. The first-order chi connectivity index (χ1) is 15.3. The number of carbonyl (C=O) groups is 1. The molecule has 3 aromatic rings. The zero-order chi connectivity index (χ0) is 22.9. The molecule has 0 amide bonds. The van der Waals surface area contributed by atoms with Crippen LogP contribution in [0.3, 0.4) is 0 Å². The zero-order valence-electron chi connectivity index (χ0n) is 17.4. The molecule has 1 fully saturated rings. The molecule has 2 N–H and O–H groups in total. The van der Waals surface area contributed by atoms with E-state index in [2.05, 4.69) is 10.1 Å². The number of carbonyl (C=O) groups excluding carboxylic acids is 1. The van der Waals surface area contributed by atoms with Gasteiger partial charge in [-0.1, -0.05) is 0 Å². The highest BCUT2D eigenvalue weighted by Gasteiger charge is 2.25. The van der Waals surface area contributed by atoms with Gasteiger partial charge in [0, 0.05) is 18.5 Å². The van der Waals surface area contributed by atoms with Crippen LogP contribution in [-0.2, 0) is 4.57 Å². The number of hydrogen-bond donors (Lipinski definition) is 2. The van der Waals surface area contributed by atoms with Crippen molar-refractivity contribution in [1.29, 1.82) is 0 Å². The summed E-state index contributed by atoms with van der Waals surface area (Å²) >= 11 is 0. The number of furan rings is 1. The van der Waals surface area contributed by atoms with Crippen molar-refractivity contribution in [3.05, 3.63) is 46.8 Å². The fourth-order valence-corrected chi connectivity index (χ4v) is 4.59. The molecule has 4 rings (SSSR count). The predicted molar refractivity (Wildman–Crippen MR) is 115 cm³/mol. The Morgan fingerprint density at radius 1 is 1.34 bits per heavy atom. The first-order valence-electron chi connectivity index (χ1n) is 10.1. The van der Waals surface area contributed by atoms with Gasteiger partial charge in [0.15, 0.2) is 0 Å². The van der Waals surface area contributed by atoms with Gasteiger partial charge in [-0.25, -0.2) is 0 Å². The van der Waals surface area contributed by atoms with E-state index in [0.717, 1.165) is 17.5 Å². The lowest BCUT2D eigenvalue weighted by Crippen LogP contribution is -2.35. The van der Waals surface area contributed by atoms with Crippen LogP contribution in [0.4, 0.5) is 5.82 Å². The number of methoxy groups -OCH3 is 1. The van der Waals surface area contributed by atoms with E-state index in [1.165, 1.54) is 31.9 Å². The fraction of sp³-hybridized carbons (Fsp3) is 0.400. The van der Waals surface area contributed by atoms with E-state index in [1.54, 1.807) is 6.07 Å². The summed E-state index contributed by atoms with van der Waals surface area (Å²) in [5, 5.41) is 4.67. The third kappa shape index (κ3) is 4.59. The molecule has 0 aliphatic carbocycles. The summed E-state index contributed by atoms with van der Waals surface area (Å²) in [6, 6.07) is 3.18. The second-order valence-corrected chi connectivity index (χ2v) is 9.52. The van der Waals surface area contributed by atoms with E-state index in [1.807, 2.05) is 4.90 Å². The Balaban J connectivity index is 1.59. The van der Waals surface area contributed by atoms with Crippen LogP contribution in [0.5, 0.6) is 5.88 Å². The minimum absolute atomic E-state index is 0.0993. The van der Waals surface area contributed by atoms with Gasteiger partial charge < -0.3 is 23.8 Å². The molecule has 1 saturated heterocycles. The molecule has 12 heteroatoms. The Morgan fingerprint density at radius 3 is 2.72 bits per heavy atom. The van der Waals surface area contributed by atoms with Crippen LogP contribution in [0.15, 0.2) is 40.1 Å². The molecule has 1 aliphatic heterocycles. The van der Waals surface area contributed by atoms with Crippen LogP contribution < -0.4 is 15.2 Å². The summed E-state index contributed by atoms with van der Waals surface area (Å²) in [4.78, 5) is 50.2. The van der Waals surface area contributed by atoms with Crippen molar-refractivity contribution in [3.63, 3.8) is 0 Å². The Bertz CT molecular complexity index is 1230. The molecule has 0 bridgehead atoms. The number of anilines is 1. The molecule has 0 atom stereocenters. The lowest BCUT2D eigenvalue weighted by atomic mass is 9.94. The number of piperidine rings is 1. The lowest BCUT2D eigenvalue weighted by molar-refractivity contribution is 0.0939. The monoisotopic (exact) mass is 462 g/mol. The van der Waals surface area contributed by atoms with E-state index in [4.69, 9.17) is 18.9 Å². The second-order valence-electron chi connectivity index (χ2n) is 7.74. The Morgan fingerprint density at radius 2 is 2.09 bits per heavy atom. The highest BCUT2D eigenvalue weighted by atomic mass is 31.2. The van der Waals surface area contributed by atoms with E-state index >= 15 is 0 Å². The van der Waals surface area contributed by atoms with Gasteiger partial charge in [-0.2, -0.15) is 14.8 Å². The topological polar surface area (TPSA) is 148 Å². The maximum atomic E-state index is 13.0. The molecule has 0 saturated carbocycles. The largest absolute Gasteiger partial charge is 0.480 e. The molecule has 0 spiro atoms. The average molecular weight is 462 g/mol. The van der Waals surface area contributed by atoms with E-state index in [9.17, 15) is 14.2 Å². The van der Waals surface area contributed by atoms with Crippen molar-refractivity contribution in [2.45, 2.75) is 19.3 Å². The third-order valence-electron chi connectivity index (χ3n) is 5.64. The van der Waals surface area contributed by atoms with Gasteiger partial charge in [-0.3, -0.25) is 14.2 Å². The lowest BCUT2D eigenvalue weighted by Gasteiger charge is -2.33. The first kappa shape index (κ1) is 22.2. The van der Waals surface area contributed by atoms with Gasteiger partial charge in [-0.15, -0.1) is 0 Å². The maximum Gasteiger partial charge on any atom is 0.325 e. The quantitative estimate of drug-likeness (QED) is 0.520. The van der Waals surface area contributed by atoms with Crippen molar-refractivity contribution >= 4 is 30.1 Å². The molecule has 3 aromatic heterocycles. The number of ether oxygens (including phenoxy) is 1. The average Bonchev–Trinajstić information content (AvgIpc) is 3.31. The second kappa shape index (κ2) is 8.85. The normalized spacial score (nSPS) is 15.3. The summed E-state index contributed by atoms with van der Waals surface area (Å²) in [5.41, 5.74) is -0.440. The highest BCUT2D eigenvalue weighted by molar-refractivity contribution is 7.51. The predicted octanol–water partition coefficient (Wildman–Crippen LogP) is 1.87. The Labute approximate surface area is 182 Å². The van der Waals surface area contributed by atoms with Gasteiger partial charge >= 0.3 is 7.60 Å². The standard InChI is InChI=1S/C20H23N4O7P/c1-30-18-17-15(11-21-24(20(17)26)19(25)14-4-8-31-12-14)10-16(22-18)23-6-2-13(3-7-23)5-9-32(27,28)29/h4,8,10-13H,2-3,5-7,9H2,1H3,(H2,27,28,29). The molecular formula is C20H23N4O7P. The van der Waals surface area contributed by atoms with Crippen LogP contribution in [0, 0.1) is 5.92 Å².